The van der Waals surface area contributed by atoms with Gasteiger partial charge in [-0.25, -0.2) is 0 Å². The molecule has 2 aromatic rings. The van der Waals surface area contributed by atoms with Gasteiger partial charge in [-0.3, -0.25) is 14.9 Å². The molecule has 0 saturated heterocycles. The van der Waals surface area contributed by atoms with Crippen molar-refractivity contribution in [2.24, 2.45) is 0 Å². The Morgan fingerprint density at radius 3 is 2.81 bits per heavy atom. The first-order valence-electron chi connectivity index (χ1n) is 7.75. The van der Waals surface area contributed by atoms with Gasteiger partial charge in [0.1, 0.15) is 18.5 Å². The van der Waals surface area contributed by atoms with Gasteiger partial charge in [0.2, 0.25) is 0 Å². The van der Waals surface area contributed by atoms with Gasteiger partial charge in [-0.05, 0) is 18.2 Å². The summed E-state index contributed by atoms with van der Waals surface area (Å²) in [6.07, 6.45) is -0.309. The number of hydrogen-bond donors (Lipinski definition) is 1. The first-order chi connectivity index (χ1) is 12.5. The Morgan fingerprint density at radius 2 is 2.08 bits per heavy atom. The number of ether oxygens (including phenoxy) is 3. The summed E-state index contributed by atoms with van der Waals surface area (Å²) in [5, 5.41) is 13.4. The second kappa shape index (κ2) is 7.92. The van der Waals surface area contributed by atoms with Gasteiger partial charge in [-0.15, -0.1) is 0 Å². The maximum atomic E-state index is 11.9. The average Bonchev–Trinajstić information content (AvgIpc) is 2.65. The zero-order chi connectivity index (χ0) is 18.5. The Hall–Kier alpha value is -3.00. The average molecular weight is 379 g/mol. The summed E-state index contributed by atoms with van der Waals surface area (Å²) in [6, 6.07) is 11.1. The zero-order valence-electron chi connectivity index (χ0n) is 13.5. The highest BCUT2D eigenvalue weighted by molar-refractivity contribution is 6.32. The number of carbonyl (C=O) groups excluding carboxylic acids is 1. The quantitative estimate of drug-likeness (QED) is 0.612. The molecule has 0 bridgehead atoms. The number of amides is 1. The van der Waals surface area contributed by atoms with Crippen molar-refractivity contribution in [1.29, 1.82) is 0 Å². The number of nitro groups is 1. The molecule has 1 aliphatic heterocycles. The lowest BCUT2D eigenvalue weighted by Gasteiger charge is -2.26. The number of hydrogen-bond acceptors (Lipinski definition) is 6. The topological polar surface area (TPSA) is 99.9 Å². The fraction of sp³-hybridized carbons (Fsp3) is 0.235. The lowest BCUT2D eigenvalue weighted by molar-refractivity contribution is -0.384. The second-order valence-corrected chi connectivity index (χ2v) is 5.87. The molecule has 0 fully saturated rings. The van der Waals surface area contributed by atoms with E-state index in [2.05, 4.69) is 5.32 Å². The highest BCUT2D eigenvalue weighted by atomic mass is 35.5. The molecule has 1 aliphatic rings. The molecule has 2 aromatic carbocycles. The fourth-order valence-electron chi connectivity index (χ4n) is 2.31. The number of benzene rings is 2. The number of para-hydroxylation sites is 2. The summed E-state index contributed by atoms with van der Waals surface area (Å²) in [5.41, 5.74) is -0.151. The maximum Gasteiger partial charge on any atom is 0.271 e. The zero-order valence-corrected chi connectivity index (χ0v) is 14.3. The summed E-state index contributed by atoms with van der Waals surface area (Å²) in [5.74, 6) is 1.12. The molecule has 1 amide bonds. The van der Waals surface area contributed by atoms with Crippen molar-refractivity contribution < 1.29 is 23.9 Å². The number of nitro benzene ring substituents is 1. The van der Waals surface area contributed by atoms with Crippen LogP contribution >= 0.6 is 11.6 Å². The van der Waals surface area contributed by atoms with Gasteiger partial charge in [-0.2, -0.15) is 0 Å². The van der Waals surface area contributed by atoms with Gasteiger partial charge in [-0.1, -0.05) is 23.7 Å². The summed E-state index contributed by atoms with van der Waals surface area (Å²) in [7, 11) is 0. The molecular weight excluding hydrogens is 364 g/mol. The van der Waals surface area contributed by atoms with Gasteiger partial charge < -0.3 is 19.5 Å². The van der Waals surface area contributed by atoms with Crippen LogP contribution in [0, 0.1) is 10.1 Å². The van der Waals surface area contributed by atoms with Crippen LogP contribution in [-0.2, 0) is 4.79 Å². The van der Waals surface area contributed by atoms with Crippen LogP contribution in [-0.4, -0.2) is 36.7 Å². The molecule has 3 rings (SSSR count). The maximum absolute atomic E-state index is 11.9. The van der Waals surface area contributed by atoms with E-state index >= 15 is 0 Å². The van der Waals surface area contributed by atoms with Crippen molar-refractivity contribution >= 4 is 23.2 Å². The standard InChI is InChI=1S/C17H15ClN2O6/c18-13-7-11(20(22)23)5-6-14(13)25-10-17(21)19-8-12-9-24-15-3-1-2-4-16(15)26-12/h1-7,12H,8-10H2,(H,19,21)/t12-/m0/s1. The number of rotatable bonds is 6. The minimum Gasteiger partial charge on any atom is -0.486 e. The van der Waals surface area contributed by atoms with Gasteiger partial charge >= 0.3 is 0 Å². The lowest BCUT2D eigenvalue weighted by atomic mass is 10.2. The molecule has 0 aliphatic carbocycles. The number of halogens is 1. The molecule has 1 atom stereocenters. The normalized spacial score (nSPS) is 15.2. The Morgan fingerprint density at radius 1 is 1.31 bits per heavy atom. The van der Waals surface area contributed by atoms with E-state index in [1.54, 1.807) is 6.07 Å². The minimum atomic E-state index is -0.563. The molecule has 0 spiro atoms. The van der Waals surface area contributed by atoms with Crippen LogP contribution in [0.15, 0.2) is 42.5 Å². The minimum absolute atomic E-state index is 0.0626. The largest absolute Gasteiger partial charge is 0.486 e. The van der Waals surface area contributed by atoms with Gasteiger partial charge in [0.25, 0.3) is 11.6 Å². The summed E-state index contributed by atoms with van der Waals surface area (Å²) in [4.78, 5) is 22.0. The van der Waals surface area contributed by atoms with E-state index in [0.29, 0.717) is 18.1 Å². The van der Waals surface area contributed by atoms with Crippen molar-refractivity contribution in [3.8, 4) is 17.2 Å². The van der Waals surface area contributed by atoms with Gasteiger partial charge in [0, 0.05) is 12.1 Å². The molecule has 0 radical (unpaired) electrons. The van der Waals surface area contributed by atoms with E-state index in [4.69, 9.17) is 25.8 Å². The highest BCUT2D eigenvalue weighted by Gasteiger charge is 2.21. The molecule has 26 heavy (non-hydrogen) atoms. The summed E-state index contributed by atoms with van der Waals surface area (Å²) >= 11 is 5.91. The van der Waals surface area contributed by atoms with E-state index in [9.17, 15) is 14.9 Å². The monoisotopic (exact) mass is 378 g/mol. The first kappa shape index (κ1) is 17.8. The second-order valence-electron chi connectivity index (χ2n) is 5.46. The van der Waals surface area contributed by atoms with Crippen molar-refractivity contribution in [2.45, 2.75) is 6.10 Å². The van der Waals surface area contributed by atoms with Crippen LogP contribution in [0.25, 0.3) is 0 Å². The molecule has 1 heterocycles. The van der Waals surface area contributed by atoms with Crippen LogP contribution in [0.5, 0.6) is 17.2 Å². The Balaban J connectivity index is 1.46. The number of nitrogens with zero attached hydrogens (tertiary/aromatic N) is 1. The molecular formula is C17H15ClN2O6. The molecule has 9 heteroatoms. The van der Waals surface area contributed by atoms with Crippen LogP contribution in [0.1, 0.15) is 0 Å². The van der Waals surface area contributed by atoms with Crippen molar-refractivity contribution in [3.63, 3.8) is 0 Å². The number of non-ortho nitro benzene ring substituents is 1. The number of nitrogens with one attached hydrogen (secondary N) is 1. The Labute approximate surface area is 153 Å². The third-order valence-corrected chi connectivity index (χ3v) is 3.87. The fourth-order valence-corrected chi connectivity index (χ4v) is 2.54. The predicted molar refractivity (Wildman–Crippen MR) is 93.0 cm³/mol. The van der Waals surface area contributed by atoms with E-state index in [0.717, 1.165) is 0 Å². The smallest absolute Gasteiger partial charge is 0.271 e. The van der Waals surface area contributed by atoms with Crippen LogP contribution in [0.2, 0.25) is 5.02 Å². The third kappa shape index (κ3) is 4.34. The third-order valence-electron chi connectivity index (χ3n) is 3.58. The van der Waals surface area contributed by atoms with E-state index in [1.807, 2.05) is 18.2 Å². The van der Waals surface area contributed by atoms with Crippen LogP contribution in [0.3, 0.4) is 0 Å². The van der Waals surface area contributed by atoms with Crippen molar-refractivity contribution in [2.75, 3.05) is 19.8 Å². The Bertz CT molecular complexity index is 829. The van der Waals surface area contributed by atoms with E-state index in [-0.39, 0.29) is 41.6 Å². The number of carbonyl (C=O) groups is 1. The van der Waals surface area contributed by atoms with Crippen molar-refractivity contribution in [3.05, 3.63) is 57.6 Å². The van der Waals surface area contributed by atoms with Gasteiger partial charge in [0.05, 0.1) is 16.5 Å². The first-order valence-corrected chi connectivity index (χ1v) is 8.12. The van der Waals surface area contributed by atoms with E-state index in [1.165, 1.54) is 18.2 Å². The van der Waals surface area contributed by atoms with Crippen LogP contribution < -0.4 is 19.5 Å². The molecule has 0 saturated carbocycles. The molecule has 8 nitrogen and oxygen atoms in total. The summed E-state index contributed by atoms with van der Waals surface area (Å²) in [6.45, 7) is 0.304. The lowest BCUT2D eigenvalue weighted by Crippen LogP contribution is -2.42. The number of fused-ring (bicyclic) bond motifs is 1. The molecule has 0 unspecified atom stereocenters. The summed E-state index contributed by atoms with van der Waals surface area (Å²) < 4.78 is 16.6. The molecule has 0 aromatic heterocycles. The molecule has 1 N–H and O–H groups in total. The van der Waals surface area contributed by atoms with Gasteiger partial charge in [0.15, 0.2) is 18.1 Å². The van der Waals surface area contributed by atoms with Crippen LogP contribution in [0.4, 0.5) is 5.69 Å². The Kier molecular flexibility index (Phi) is 5.43. The van der Waals surface area contributed by atoms with E-state index < -0.39 is 4.92 Å². The SMILES string of the molecule is O=C(COc1ccc([N+](=O)[O-])cc1Cl)NC[C@H]1COc2ccccc2O1. The predicted octanol–water partition coefficient (Wildman–Crippen LogP) is 2.58. The molecule has 136 valence electrons. The van der Waals surface area contributed by atoms with Crippen molar-refractivity contribution in [1.82, 2.24) is 5.32 Å². The highest BCUT2D eigenvalue weighted by Crippen LogP contribution is 2.31.